The van der Waals surface area contributed by atoms with Gasteiger partial charge in [0, 0.05) is 12.1 Å². The summed E-state index contributed by atoms with van der Waals surface area (Å²) >= 11 is 0. The molecule has 1 aliphatic rings. The van der Waals surface area contributed by atoms with Gasteiger partial charge in [0.25, 0.3) is 0 Å². The van der Waals surface area contributed by atoms with Gasteiger partial charge in [0.1, 0.15) is 11.6 Å². The van der Waals surface area contributed by atoms with Crippen LogP contribution in [-0.2, 0) is 6.54 Å². The summed E-state index contributed by atoms with van der Waals surface area (Å²) in [5.41, 5.74) is 0.438. The Balaban J connectivity index is 1.80. The van der Waals surface area contributed by atoms with Crippen LogP contribution in [0.4, 0.5) is 8.78 Å². The highest BCUT2D eigenvalue weighted by Gasteiger charge is 2.14. The van der Waals surface area contributed by atoms with Crippen LogP contribution in [0.1, 0.15) is 24.8 Å². The van der Waals surface area contributed by atoms with Crippen molar-refractivity contribution in [3.63, 3.8) is 0 Å². The van der Waals surface area contributed by atoms with Gasteiger partial charge in [-0.1, -0.05) is 0 Å². The van der Waals surface area contributed by atoms with Crippen molar-refractivity contribution in [1.29, 1.82) is 0 Å². The van der Waals surface area contributed by atoms with Crippen LogP contribution >= 0.6 is 0 Å². The molecule has 1 aromatic carbocycles. The standard InChI is InChI=1S/C15H22F2N2/c1-19(9-6-12-4-7-18-8-5-12)11-13-10-14(16)2-3-15(13)17/h2-3,10,12,18H,4-9,11H2,1H3. The van der Waals surface area contributed by atoms with Crippen LogP contribution in [0.2, 0.25) is 0 Å². The molecule has 1 fully saturated rings. The Morgan fingerprint density at radius 2 is 2.00 bits per heavy atom. The Morgan fingerprint density at radius 3 is 2.74 bits per heavy atom. The van der Waals surface area contributed by atoms with Crippen LogP contribution in [0, 0.1) is 17.6 Å². The van der Waals surface area contributed by atoms with E-state index in [-0.39, 0.29) is 11.6 Å². The number of hydrogen-bond acceptors (Lipinski definition) is 2. The van der Waals surface area contributed by atoms with E-state index in [2.05, 4.69) is 10.2 Å². The third-order valence-electron chi connectivity index (χ3n) is 3.83. The van der Waals surface area contributed by atoms with Crippen LogP contribution in [0.5, 0.6) is 0 Å². The van der Waals surface area contributed by atoms with Crippen molar-refractivity contribution in [2.24, 2.45) is 5.92 Å². The van der Waals surface area contributed by atoms with E-state index in [1.54, 1.807) is 0 Å². The normalized spacial score (nSPS) is 17.1. The SMILES string of the molecule is CN(CCC1CCNCC1)Cc1cc(F)ccc1F. The third kappa shape index (κ3) is 4.55. The molecule has 106 valence electrons. The van der Waals surface area contributed by atoms with Crippen molar-refractivity contribution < 1.29 is 8.78 Å². The summed E-state index contributed by atoms with van der Waals surface area (Å²) in [6, 6.07) is 3.65. The Morgan fingerprint density at radius 1 is 1.26 bits per heavy atom. The molecule has 1 aromatic rings. The number of benzene rings is 1. The smallest absolute Gasteiger partial charge is 0.127 e. The molecule has 0 aliphatic carbocycles. The highest BCUT2D eigenvalue weighted by molar-refractivity contribution is 5.18. The Kier molecular flexibility index (Phi) is 5.28. The molecule has 4 heteroatoms. The summed E-state index contributed by atoms with van der Waals surface area (Å²) in [5.74, 6) is 0.0688. The van der Waals surface area contributed by atoms with Crippen LogP contribution < -0.4 is 5.32 Å². The first-order valence-corrected chi connectivity index (χ1v) is 6.98. The minimum atomic E-state index is -0.372. The quantitative estimate of drug-likeness (QED) is 0.883. The summed E-state index contributed by atoms with van der Waals surface area (Å²) in [6.45, 7) is 3.61. The predicted octanol–water partition coefficient (Wildman–Crippen LogP) is 2.79. The van der Waals surface area contributed by atoms with Crippen molar-refractivity contribution in [3.8, 4) is 0 Å². The Labute approximate surface area is 113 Å². The minimum Gasteiger partial charge on any atom is -0.317 e. The number of rotatable bonds is 5. The molecule has 2 rings (SSSR count). The zero-order chi connectivity index (χ0) is 13.7. The average Bonchev–Trinajstić information content (AvgIpc) is 2.42. The fraction of sp³-hybridized carbons (Fsp3) is 0.600. The van der Waals surface area contributed by atoms with Gasteiger partial charge in [0.2, 0.25) is 0 Å². The molecule has 2 nitrogen and oxygen atoms in total. The van der Waals surface area contributed by atoms with Gasteiger partial charge in [0.15, 0.2) is 0 Å². The molecule has 0 aromatic heterocycles. The molecule has 0 radical (unpaired) electrons. The average molecular weight is 268 g/mol. The molecular formula is C15H22F2N2. The molecule has 0 spiro atoms. The molecule has 19 heavy (non-hydrogen) atoms. The zero-order valence-corrected chi connectivity index (χ0v) is 11.5. The lowest BCUT2D eigenvalue weighted by molar-refractivity contribution is 0.263. The van der Waals surface area contributed by atoms with E-state index in [4.69, 9.17) is 0 Å². The molecular weight excluding hydrogens is 246 g/mol. The van der Waals surface area contributed by atoms with Gasteiger partial charge in [0.05, 0.1) is 0 Å². The van der Waals surface area contributed by atoms with E-state index in [1.165, 1.54) is 25.0 Å². The predicted molar refractivity (Wildman–Crippen MR) is 72.9 cm³/mol. The molecule has 1 heterocycles. The summed E-state index contributed by atoms with van der Waals surface area (Å²) < 4.78 is 26.6. The van der Waals surface area contributed by atoms with E-state index in [0.29, 0.717) is 12.1 Å². The number of nitrogens with zero attached hydrogens (tertiary/aromatic N) is 1. The first kappa shape index (κ1) is 14.4. The lowest BCUT2D eigenvalue weighted by atomic mass is 9.94. The second kappa shape index (κ2) is 6.96. The molecule has 0 atom stereocenters. The van der Waals surface area contributed by atoms with Crippen molar-refractivity contribution >= 4 is 0 Å². The fourth-order valence-electron chi connectivity index (χ4n) is 2.61. The lowest BCUT2D eigenvalue weighted by Crippen LogP contribution is -2.30. The number of piperidine rings is 1. The maximum Gasteiger partial charge on any atom is 0.127 e. The van der Waals surface area contributed by atoms with Crippen molar-refractivity contribution in [3.05, 3.63) is 35.4 Å². The van der Waals surface area contributed by atoms with Crippen molar-refractivity contribution in [2.75, 3.05) is 26.7 Å². The number of hydrogen-bond donors (Lipinski definition) is 1. The van der Waals surface area contributed by atoms with Gasteiger partial charge < -0.3 is 10.2 Å². The molecule has 1 saturated heterocycles. The first-order valence-electron chi connectivity index (χ1n) is 6.98. The maximum atomic E-state index is 13.5. The lowest BCUT2D eigenvalue weighted by Gasteiger charge is -2.25. The van der Waals surface area contributed by atoms with E-state index < -0.39 is 0 Å². The topological polar surface area (TPSA) is 15.3 Å². The van der Waals surface area contributed by atoms with Gasteiger partial charge in [-0.05, 0) is 70.1 Å². The van der Waals surface area contributed by atoms with Crippen LogP contribution in [0.3, 0.4) is 0 Å². The van der Waals surface area contributed by atoms with Gasteiger partial charge in [-0.15, -0.1) is 0 Å². The van der Waals surface area contributed by atoms with Crippen LogP contribution in [-0.4, -0.2) is 31.6 Å². The van der Waals surface area contributed by atoms with E-state index in [1.807, 2.05) is 7.05 Å². The highest BCUT2D eigenvalue weighted by atomic mass is 19.1. The maximum absolute atomic E-state index is 13.5. The van der Waals surface area contributed by atoms with Gasteiger partial charge in [-0.25, -0.2) is 8.78 Å². The van der Waals surface area contributed by atoms with Crippen molar-refractivity contribution in [1.82, 2.24) is 10.2 Å². The number of nitrogens with one attached hydrogen (secondary N) is 1. The second-order valence-electron chi connectivity index (χ2n) is 5.46. The molecule has 1 N–H and O–H groups in total. The van der Waals surface area contributed by atoms with Crippen molar-refractivity contribution in [2.45, 2.75) is 25.8 Å². The largest absolute Gasteiger partial charge is 0.317 e. The Hall–Kier alpha value is -1.00. The third-order valence-corrected chi connectivity index (χ3v) is 3.83. The monoisotopic (exact) mass is 268 g/mol. The van der Waals surface area contributed by atoms with Crippen LogP contribution in [0.25, 0.3) is 0 Å². The zero-order valence-electron chi connectivity index (χ0n) is 11.5. The molecule has 1 aliphatic heterocycles. The molecule has 0 amide bonds. The summed E-state index contributed by atoms with van der Waals surface area (Å²) in [7, 11) is 1.96. The van der Waals surface area contributed by atoms with E-state index in [0.717, 1.165) is 38.0 Å². The van der Waals surface area contributed by atoms with Gasteiger partial charge >= 0.3 is 0 Å². The summed E-state index contributed by atoms with van der Waals surface area (Å²) in [6.07, 6.45) is 3.58. The molecule has 0 bridgehead atoms. The molecule has 0 saturated carbocycles. The van der Waals surface area contributed by atoms with E-state index in [9.17, 15) is 8.78 Å². The minimum absolute atomic E-state index is 0.324. The van der Waals surface area contributed by atoms with Gasteiger partial charge in [-0.3, -0.25) is 0 Å². The van der Waals surface area contributed by atoms with E-state index >= 15 is 0 Å². The summed E-state index contributed by atoms with van der Waals surface area (Å²) in [4.78, 5) is 2.07. The first-order chi connectivity index (χ1) is 9.15. The van der Waals surface area contributed by atoms with Gasteiger partial charge in [-0.2, -0.15) is 0 Å². The molecule has 0 unspecified atom stereocenters. The second-order valence-corrected chi connectivity index (χ2v) is 5.46. The highest BCUT2D eigenvalue weighted by Crippen LogP contribution is 2.17. The number of halogens is 2. The van der Waals surface area contributed by atoms with Crippen LogP contribution in [0.15, 0.2) is 18.2 Å². The fourth-order valence-corrected chi connectivity index (χ4v) is 2.61. The Bertz CT molecular complexity index is 403. The summed E-state index contributed by atoms with van der Waals surface area (Å²) in [5, 5.41) is 3.35.